The van der Waals surface area contributed by atoms with E-state index in [9.17, 15) is 9.18 Å². The highest BCUT2D eigenvalue weighted by Crippen LogP contribution is 2.41. The third-order valence-corrected chi connectivity index (χ3v) is 5.61. The molecule has 0 saturated carbocycles. The van der Waals surface area contributed by atoms with E-state index >= 15 is 0 Å². The SMILES string of the molecule is COCCOc1cc(F)c(NC(=O)N2C3CC(C)CC2C3)cc1-c1ncn(C)n1. The second kappa shape index (κ2) is 7.98. The van der Waals surface area contributed by atoms with Gasteiger partial charge in [-0.3, -0.25) is 4.68 Å². The maximum Gasteiger partial charge on any atom is 0.322 e. The van der Waals surface area contributed by atoms with Crippen molar-refractivity contribution in [1.82, 2.24) is 19.7 Å². The molecule has 4 rings (SSSR count). The number of nitrogens with zero attached hydrogens (tertiary/aromatic N) is 4. The van der Waals surface area contributed by atoms with Gasteiger partial charge >= 0.3 is 6.03 Å². The predicted octanol–water partition coefficient (Wildman–Crippen LogP) is 3.05. The Morgan fingerprint density at radius 1 is 1.28 bits per heavy atom. The van der Waals surface area contributed by atoms with Crippen LogP contribution >= 0.6 is 0 Å². The molecule has 8 nitrogen and oxygen atoms in total. The summed E-state index contributed by atoms with van der Waals surface area (Å²) in [4.78, 5) is 18.9. The number of rotatable bonds is 6. The van der Waals surface area contributed by atoms with Crippen LogP contribution in [-0.2, 0) is 11.8 Å². The number of hydrogen-bond donors (Lipinski definition) is 1. The van der Waals surface area contributed by atoms with Gasteiger partial charge in [0.25, 0.3) is 0 Å². The van der Waals surface area contributed by atoms with Gasteiger partial charge in [-0.15, -0.1) is 0 Å². The molecule has 1 aromatic heterocycles. The monoisotopic (exact) mass is 403 g/mol. The molecule has 2 fully saturated rings. The van der Waals surface area contributed by atoms with Crippen LogP contribution in [-0.4, -0.2) is 58.1 Å². The lowest BCUT2D eigenvalue weighted by Gasteiger charge is -2.54. The Hall–Kier alpha value is -2.68. The number of ether oxygens (including phenoxy) is 2. The van der Waals surface area contributed by atoms with Crippen LogP contribution in [0, 0.1) is 11.7 Å². The number of halogens is 1. The van der Waals surface area contributed by atoms with Crippen molar-refractivity contribution in [2.75, 3.05) is 25.6 Å². The molecule has 2 saturated heterocycles. The van der Waals surface area contributed by atoms with Crippen molar-refractivity contribution in [3.05, 3.63) is 24.3 Å². The third-order valence-electron chi connectivity index (χ3n) is 5.61. The van der Waals surface area contributed by atoms with Gasteiger partial charge in [0.1, 0.15) is 18.7 Å². The number of urea groups is 1. The van der Waals surface area contributed by atoms with Crippen LogP contribution in [0.4, 0.5) is 14.9 Å². The van der Waals surface area contributed by atoms with Crippen molar-refractivity contribution < 1.29 is 18.7 Å². The molecule has 1 N–H and O–H groups in total. The molecule has 0 spiro atoms. The van der Waals surface area contributed by atoms with Crippen molar-refractivity contribution in [2.24, 2.45) is 13.0 Å². The van der Waals surface area contributed by atoms with Crippen molar-refractivity contribution >= 4 is 11.7 Å². The molecule has 0 radical (unpaired) electrons. The first-order valence-corrected chi connectivity index (χ1v) is 9.87. The normalized spacial score (nSPS) is 22.9. The summed E-state index contributed by atoms with van der Waals surface area (Å²) in [5, 5.41) is 7.02. The molecule has 2 unspecified atom stereocenters. The lowest BCUT2D eigenvalue weighted by atomic mass is 9.74. The van der Waals surface area contributed by atoms with Crippen molar-refractivity contribution in [2.45, 2.75) is 38.3 Å². The largest absolute Gasteiger partial charge is 0.490 e. The molecule has 156 valence electrons. The molecule has 2 bridgehead atoms. The van der Waals surface area contributed by atoms with Crippen LogP contribution in [0.2, 0.25) is 0 Å². The number of benzene rings is 1. The molecule has 9 heteroatoms. The molecule has 2 atom stereocenters. The highest BCUT2D eigenvalue weighted by molar-refractivity contribution is 5.91. The van der Waals surface area contributed by atoms with E-state index in [2.05, 4.69) is 22.3 Å². The Morgan fingerprint density at radius 3 is 2.69 bits per heavy atom. The number of amides is 2. The Balaban J connectivity index is 1.57. The topological polar surface area (TPSA) is 81.5 Å². The summed E-state index contributed by atoms with van der Waals surface area (Å²) in [5.74, 6) is 0.762. The van der Waals surface area contributed by atoms with E-state index < -0.39 is 5.82 Å². The number of hydrogen-bond acceptors (Lipinski definition) is 5. The first-order valence-electron chi connectivity index (χ1n) is 9.87. The molecule has 2 amide bonds. The highest BCUT2D eigenvalue weighted by Gasteiger charge is 2.46. The maximum absolute atomic E-state index is 14.8. The molecule has 1 aromatic carbocycles. The Kier molecular flexibility index (Phi) is 5.40. The molecule has 2 aromatic rings. The van der Waals surface area contributed by atoms with Gasteiger partial charge < -0.3 is 19.7 Å². The van der Waals surface area contributed by atoms with Gasteiger partial charge in [-0.2, -0.15) is 5.10 Å². The fourth-order valence-corrected chi connectivity index (χ4v) is 4.30. The Bertz CT molecular complexity index is 890. The van der Waals surface area contributed by atoms with Gasteiger partial charge in [-0.05, 0) is 31.2 Å². The minimum Gasteiger partial charge on any atom is -0.490 e. The maximum atomic E-state index is 14.8. The molecule has 0 aliphatic carbocycles. The van der Waals surface area contributed by atoms with E-state index in [-0.39, 0.29) is 30.4 Å². The summed E-state index contributed by atoms with van der Waals surface area (Å²) in [5.41, 5.74) is 0.602. The van der Waals surface area contributed by atoms with Gasteiger partial charge in [0.15, 0.2) is 11.6 Å². The van der Waals surface area contributed by atoms with E-state index in [0.29, 0.717) is 29.7 Å². The third kappa shape index (κ3) is 3.91. The van der Waals surface area contributed by atoms with Crippen LogP contribution in [0.3, 0.4) is 0 Å². The Labute approximate surface area is 169 Å². The summed E-state index contributed by atoms with van der Waals surface area (Å²) < 4.78 is 27.0. The molecule has 2 aliphatic rings. The number of carbonyl (C=O) groups is 1. The Morgan fingerprint density at radius 2 is 2.03 bits per heavy atom. The number of aromatic nitrogens is 3. The van der Waals surface area contributed by atoms with Crippen LogP contribution in [0.1, 0.15) is 26.2 Å². The predicted molar refractivity (Wildman–Crippen MR) is 105 cm³/mol. The zero-order valence-electron chi connectivity index (χ0n) is 16.9. The number of nitrogens with one attached hydrogen (secondary N) is 1. The number of aryl methyl sites for hydroxylation is 1. The van der Waals surface area contributed by atoms with E-state index in [1.165, 1.54) is 12.1 Å². The summed E-state index contributed by atoms with van der Waals surface area (Å²) in [6.45, 7) is 2.84. The van der Waals surface area contributed by atoms with Gasteiger partial charge in [-0.1, -0.05) is 6.92 Å². The number of fused-ring (bicyclic) bond motifs is 2. The van der Waals surface area contributed by atoms with Gasteiger partial charge in [0.2, 0.25) is 0 Å². The van der Waals surface area contributed by atoms with Crippen molar-refractivity contribution in [1.29, 1.82) is 0 Å². The van der Waals surface area contributed by atoms with Gasteiger partial charge in [-0.25, -0.2) is 14.2 Å². The molecular formula is C20H26FN5O3. The standard InChI is InChI=1S/C20H26FN5O3/c1-12-6-13-8-14(7-12)26(13)20(27)23-17-9-15(19-22-11-25(2)24-19)18(10-16(17)21)29-5-4-28-3/h9-14H,4-8H2,1-3H3,(H,23,27). The molecule has 2 aliphatic heterocycles. The summed E-state index contributed by atoms with van der Waals surface area (Å²) >= 11 is 0. The molecule has 3 heterocycles. The average molecular weight is 403 g/mol. The zero-order chi connectivity index (χ0) is 20.5. The van der Waals surface area contributed by atoms with E-state index in [1.807, 2.05) is 4.90 Å². The first kappa shape index (κ1) is 19.6. The number of anilines is 1. The first-order chi connectivity index (χ1) is 14.0. The zero-order valence-corrected chi connectivity index (χ0v) is 16.9. The van der Waals surface area contributed by atoms with Crippen LogP contribution in [0.25, 0.3) is 11.4 Å². The molecule has 29 heavy (non-hydrogen) atoms. The molecular weight excluding hydrogens is 377 g/mol. The van der Waals surface area contributed by atoms with Gasteiger partial charge in [0.05, 0.1) is 17.9 Å². The van der Waals surface area contributed by atoms with E-state index in [1.54, 1.807) is 25.2 Å². The summed E-state index contributed by atoms with van der Waals surface area (Å²) in [6, 6.07) is 3.03. The smallest absolute Gasteiger partial charge is 0.322 e. The fourth-order valence-electron chi connectivity index (χ4n) is 4.30. The minimum absolute atomic E-state index is 0.0922. The lowest BCUT2D eigenvalue weighted by Crippen LogP contribution is -2.63. The summed E-state index contributed by atoms with van der Waals surface area (Å²) in [7, 11) is 3.31. The average Bonchev–Trinajstić information content (AvgIpc) is 3.09. The van der Waals surface area contributed by atoms with E-state index in [4.69, 9.17) is 9.47 Å². The van der Waals surface area contributed by atoms with Crippen molar-refractivity contribution in [3.8, 4) is 17.1 Å². The minimum atomic E-state index is -0.565. The lowest BCUT2D eigenvalue weighted by molar-refractivity contribution is -0.00603. The van der Waals surface area contributed by atoms with Crippen LogP contribution in [0.15, 0.2) is 18.5 Å². The summed E-state index contributed by atoms with van der Waals surface area (Å²) in [6.07, 6.45) is 4.59. The van der Waals surface area contributed by atoms with E-state index in [0.717, 1.165) is 19.3 Å². The highest BCUT2D eigenvalue weighted by atomic mass is 19.1. The van der Waals surface area contributed by atoms with Crippen LogP contribution < -0.4 is 10.1 Å². The second-order valence-corrected chi connectivity index (χ2v) is 7.87. The number of carbonyl (C=O) groups excluding carboxylic acids is 1. The van der Waals surface area contributed by atoms with Crippen LogP contribution in [0.5, 0.6) is 5.75 Å². The number of methoxy groups -OCH3 is 1. The van der Waals surface area contributed by atoms with Crippen molar-refractivity contribution in [3.63, 3.8) is 0 Å². The quantitative estimate of drug-likeness (QED) is 0.750. The second-order valence-electron chi connectivity index (χ2n) is 7.87. The number of piperidine rings is 1. The van der Waals surface area contributed by atoms with Gasteiger partial charge in [0, 0.05) is 32.3 Å². The fraction of sp³-hybridized carbons (Fsp3) is 0.550.